The summed E-state index contributed by atoms with van der Waals surface area (Å²) in [7, 11) is 2.01. The van der Waals surface area contributed by atoms with Gasteiger partial charge in [-0.15, -0.1) is 24.0 Å². The van der Waals surface area contributed by atoms with E-state index in [0.29, 0.717) is 25.2 Å². The Hall–Kier alpha value is -0.980. The fraction of sp³-hybridized carbons (Fsp3) is 0.500. The minimum Gasteiger partial charge on any atom is -0.494 e. The summed E-state index contributed by atoms with van der Waals surface area (Å²) in [4.78, 5) is 6.48. The molecule has 0 radical (unpaired) electrons. The number of guanidine groups is 1. The Bertz CT molecular complexity index is 432. The fourth-order valence-corrected chi connectivity index (χ4v) is 1.83. The molecular formula is C14H22IN3O. The predicted octanol–water partition coefficient (Wildman–Crippen LogP) is 2.61. The van der Waals surface area contributed by atoms with Crippen LogP contribution in [0.2, 0.25) is 0 Å². The molecule has 0 unspecified atom stereocenters. The van der Waals surface area contributed by atoms with Gasteiger partial charge in [-0.2, -0.15) is 0 Å². The van der Waals surface area contributed by atoms with Crippen LogP contribution in [0.3, 0.4) is 0 Å². The van der Waals surface area contributed by atoms with Gasteiger partial charge in [-0.25, -0.2) is 4.99 Å². The van der Waals surface area contributed by atoms with E-state index in [9.17, 15) is 0 Å². The summed E-state index contributed by atoms with van der Waals surface area (Å²) in [6, 6.07) is 8.59. The van der Waals surface area contributed by atoms with E-state index in [1.807, 2.05) is 38.2 Å². The van der Waals surface area contributed by atoms with Gasteiger partial charge in [0.25, 0.3) is 0 Å². The third-order valence-electron chi connectivity index (χ3n) is 3.09. The minimum atomic E-state index is 0. The van der Waals surface area contributed by atoms with Gasteiger partial charge in [0.15, 0.2) is 5.96 Å². The highest BCUT2D eigenvalue weighted by atomic mass is 127. The van der Waals surface area contributed by atoms with E-state index < -0.39 is 0 Å². The van der Waals surface area contributed by atoms with E-state index in [4.69, 9.17) is 10.5 Å². The van der Waals surface area contributed by atoms with Gasteiger partial charge in [-0.05, 0) is 37.5 Å². The van der Waals surface area contributed by atoms with Crippen molar-refractivity contribution in [3.05, 3.63) is 29.8 Å². The standard InChI is InChI=1S/C14H21N3O.HI/c1-3-18-13-6-4-5-11(9-13)10-16-14(15)17(2)12-7-8-12;/h4-6,9,12H,3,7-8,10H2,1-2H3,(H2,15,16);1H. The van der Waals surface area contributed by atoms with Crippen LogP contribution >= 0.6 is 24.0 Å². The van der Waals surface area contributed by atoms with E-state index in [1.54, 1.807) is 0 Å². The number of aliphatic imine (C=N–C) groups is 1. The summed E-state index contributed by atoms with van der Waals surface area (Å²) >= 11 is 0. The molecule has 1 fully saturated rings. The first-order valence-corrected chi connectivity index (χ1v) is 6.45. The molecule has 19 heavy (non-hydrogen) atoms. The lowest BCUT2D eigenvalue weighted by Gasteiger charge is -2.16. The van der Waals surface area contributed by atoms with Gasteiger partial charge in [0.1, 0.15) is 5.75 Å². The van der Waals surface area contributed by atoms with Gasteiger partial charge in [-0.3, -0.25) is 0 Å². The van der Waals surface area contributed by atoms with Crippen molar-refractivity contribution in [1.82, 2.24) is 4.90 Å². The van der Waals surface area contributed by atoms with Crippen molar-refractivity contribution in [3.63, 3.8) is 0 Å². The molecule has 1 aliphatic rings. The number of hydrogen-bond acceptors (Lipinski definition) is 2. The molecule has 0 atom stereocenters. The maximum Gasteiger partial charge on any atom is 0.191 e. The molecule has 1 aliphatic carbocycles. The molecule has 4 nitrogen and oxygen atoms in total. The Morgan fingerprint density at radius 1 is 1.47 bits per heavy atom. The van der Waals surface area contributed by atoms with Crippen molar-refractivity contribution in [3.8, 4) is 5.75 Å². The van der Waals surface area contributed by atoms with E-state index >= 15 is 0 Å². The van der Waals surface area contributed by atoms with Gasteiger partial charge in [0.2, 0.25) is 0 Å². The van der Waals surface area contributed by atoms with E-state index in [0.717, 1.165) is 11.3 Å². The van der Waals surface area contributed by atoms with E-state index in [2.05, 4.69) is 9.89 Å². The number of halogens is 1. The van der Waals surface area contributed by atoms with Crippen molar-refractivity contribution in [2.24, 2.45) is 10.7 Å². The van der Waals surface area contributed by atoms with E-state index in [1.165, 1.54) is 12.8 Å². The average Bonchev–Trinajstić information content (AvgIpc) is 3.20. The zero-order valence-corrected chi connectivity index (χ0v) is 13.8. The lowest BCUT2D eigenvalue weighted by atomic mass is 10.2. The van der Waals surface area contributed by atoms with Crippen molar-refractivity contribution in [2.45, 2.75) is 32.4 Å². The number of benzene rings is 1. The molecule has 0 aliphatic heterocycles. The summed E-state index contributed by atoms with van der Waals surface area (Å²) in [5.41, 5.74) is 7.07. The Morgan fingerprint density at radius 2 is 2.21 bits per heavy atom. The molecule has 106 valence electrons. The second-order valence-corrected chi connectivity index (χ2v) is 4.60. The van der Waals surface area contributed by atoms with Crippen molar-refractivity contribution in [1.29, 1.82) is 0 Å². The Kier molecular flexibility index (Phi) is 6.41. The summed E-state index contributed by atoms with van der Waals surface area (Å²) in [6.07, 6.45) is 2.46. The molecule has 1 aromatic rings. The third kappa shape index (κ3) is 4.89. The first kappa shape index (κ1) is 16.1. The lowest BCUT2D eigenvalue weighted by molar-refractivity contribution is 0.340. The zero-order chi connectivity index (χ0) is 13.0. The number of rotatable bonds is 5. The SMILES string of the molecule is CCOc1cccc(CN=C(N)N(C)C2CC2)c1.I. The van der Waals surface area contributed by atoms with Gasteiger partial charge in [0.05, 0.1) is 13.2 Å². The quantitative estimate of drug-likeness (QED) is 0.489. The van der Waals surface area contributed by atoms with Crippen LogP contribution in [0, 0.1) is 0 Å². The van der Waals surface area contributed by atoms with Crippen molar-refractivity contribution >= 4 is 29.9 Å². The average molecular weight is 375 g/mol. The van der Waals surface area contributed by atoms with Gasteiger partial charge in [0, 0.05) is 13.1 Å². The summed E-state index contributed by atoms with van der Waals surface area (Å²) in [5.74, 6) is 1.51. The Morgan fingerprint density at radius 3 is 2.84 bits per heavy atom. The fourth-order valence-electron chi connectivity index (χ4n) is 1.83. The van der Waals surface area contributed by atoms with Crippen molar-refractivity contribution in [2.75, 3.05) is 13.7 Å². The molecule has 0 saturated heterocycles. The molecule has 2 N–H and O–H groups in total. The molecule has 1 saturated carbocycles. The molecular weight excluding hydrogens is 353 g/mol. The van der Waals surface area contributed by atoms with Crippen LogP contribution in [0.25, 0.3) is 0 Å². The van der Waals surface area contributed by atoms with Crippen LogP contribution in [-0.2, 0) is 6.54 Å². The molecule has 5 heteroatoms. The highest BCUT2D eigenvalue weighted by Gasteiger charge is 2.27. The van der Waals surface area contributed by atoms with Crippen LogP contribution in [0.4, 0.5) is 0 Å². The number of nitrogens with two attached hydrogens (primary N) is 1. The Balaban J connectivity index is 0.00000180. The van der Waals surface area contributed by atoms with Crippen LogP contribution < -0.4 is 10.5 Å². The molecule has 2 rings (SSSR count). The normalized spacial score (nSPS) is 14.7. The molecule has 0 spiro atoms. The summed E-state index contributed by atoms with van der Waals surface area (Å²) in [5, 5.41) is 0. The second kappa shape index (κ2) is 7.57. The van der Waals surface area contributed by atoms with Gasteiger partial charge in [-0.1, -0.05) is 12.1 Å². The first-order valence-electron chi connectivity index (χ1n) is 6.45. The number of nitrogens with zero attached hydrogens (tertiary/aromatic N) is 2. The second-order valence-electron chi connectivity index (χ2n) is 4.60. The van der Waals surface area contributed by atoms with Crippen molar-refractivity contribution < 1.29 is 4.74 Å². The monoisotopic (exact) mass is 375 g/mol. The maximum atomic E-state index is 5.95. The van der Waals surface area contributed by atoms with Crippen LogP contribution in [0.15, 0.2) is 29.3 Å². The largest absolute Gasteiger partial charge is 0.494 e. The third-order valence-corrected chi connectivity index (χ3v) is 3.09. The number of hydrogen-bond donors (Lipinski definition) is 1. The van der Waals surface area contributed by atoms with Gasteiger partial charge < -0.3 is 15.4 Å². The maximum absolute atomic E-state index is 5.95. The summed E-state index contributed by atoms with van der Waals surface area (Å²) < 4.78 is 5.46. The highest BCUT2D eigenvalue weighted by molar-refractivity contribution is 14.0. The molecule has 0 amide bonds. The molecule has 0 heterocycles. The van der Waals surface area contributed by atoms with Gasteiger partial charge >= 0.3 is 0 Å². The molecule has 0 bridgehead atoms. The topological polar surface area (TPSA) is 50.9 Å². The van der Waals surface area contributed by atoms with E-state index in [-0.39, 0.29) is 24.0 Å². The predicted molar refractivity (Wildman–Crippen MR) is 89.1 cm³/mol. The molecule has 0 aromatic heterocycles. The lowest BCUT2D eigenvalue weighted by Crippen LogP contribution is -2.35. The highest BCUT2D eigenvalue weighted by Crippen LogP contribution is 2.25. The minimum absolute atomic E-state index is 0. The summed E-state index contributed by atoms with van der Waals surface area (Å²) in [6.45, 7) is 3.26. The first-order chi connectivity index (χ1) is 8.70. The smallest absolute Gasteiger partial charge is 0.191 e. The molecule has 1 aromatic carbocycles. The van der Waals surface area contributed by atoms with Crippen LogP contribution in [-0.4, -0.2) is 30.6 Å². The zero-order valence-electron chi connectivity index (χ0n) is 11.5. The van der Waals surface area contributed by atoms with Crippen LogP contribution in [0.5, 0.6) is 5.75 Å². The number of ether oxygens (including phenoxy) is 1. The van der Waals surface area contributed by atoms with Crippen LogP contribution in [0.1, 0.15) is 25.3 Å². The Labute approximate surface area is 132 Å².